The molecule has 2 heterocycles. The van der Waals surface area contributed by atoms with E-state index in [1.807, 2.05) is 20.0 Å². The molecule has 0 aliphatic rings. The van der Waals surface area contributed by atoms with Crippen LogP contribution in [0, 0.1) is 6.92 Å². The Labute approximate surface area is 106 Å². The van der Waals surface area contributed by atoms with Crippen LogP contribution in [0.2, 0.25) is 0 Å². The van der Waals surface area contributed by atoms with Crippen molar-refractivity contribution in [2.75, 3.05) is 11.9 Å². The third-order valence-electron chi connectivity index (χ3n) is 2.55. The Hall–Kier alpha value is -1.98. The molecule has 0 saturated heterocycles. The fourth-order valence-electron chi connectivity index (χ4n) is 1.70. The molecule has 6 heteroatoms. The van der Waals surface area contributed by atoms with Crippen molar-refractivity contribution in [2.24, 2.45) is 7.05 Å². The quantitative estimate of drug-likeness (QED) is 0.856. The Bertz CT molecular complexity index is 519. The lowest BCUT2D eigenvalue weighted by Crippen LogP contribution is -2.09. The SMILES string of the molecule is CCc1cc(NCCc2ncn(C)n2)nc(C)n1. The zero-order valence-electron chi connectivity index (χ0n) is 11.0. The summed E-state index contributed by atoms with van der Waals surface area (Å²) in [7, 11) is 1.87. The van der Waals surface area contributed by atoms with Crippen molar-refractivity contribution in [2.45, 2.75) is 26.7 Å². The molecule has 0 atom stereocenters. The number of aromatic nitrogens is 5. The van der Waals surface area contributed by atoms with Crippen LogP contribution in [-0.2, 0) is 19.9 Å². The van der Waals surface area contributed by atoms with Crippen LogP contribution in [0.25, 0.3) is 0 Å². The van der Waals surface area contributed by atoms with E-state index in [-0.39, 0.29) is 0 Å². The van der Waals surface area contributed by atoms with Crippen LogP contribution in [0.5, 0.6) is 0 Å². The summed E-state index contributed by atoms with van der Waals surface area (Å²) in [5, 5.41) is 7.50. The van der Waals surface area contributed by atoms with Crippen LogP contribution in [0.3, 0.4) is 0 Å². The summed E-state index contributed by atoms with van der Waals surface area (Å²) in [6.07, 6.45) is 3.41. The molecule has 0 amide bonds. The molecule has 0 bridgehead atoms. The Morgan fingerprint density at radius 1 is 1.33 bits per heavy atom. The van der Waals surface area contributed by atoms with Crippen LogP contribution in [0.1, 0.15) is 24.3 Å². The number of aryl methyl sites for hydroxylation is 3. The fraction of sp³-hybridized carbons (Fsp3) is 0.500. The second-order valence-corrected chi connectivity index (χ2v) is 4.16. The van der Waals surface area contributed by atoms with Gasteiger partial charge >= 0.3 is 0 Å². The van der Waals surface area contributed by atoms with E-state index in [9.17, 15) is 0 Å². The largest absolute Gasteiger partial charge is 0.370 e. The summed E-state index contributed by atoms with van der Waals surface area (Å²) in [5.41, 5.74) is 1.06. The van der Waals surface area contributed by atoms with Gasteiger partial charge in [-0.25, -0.2) is 15.0 Å². The molecule has 6 nitrogen and oxygen atoms in total. The molecule has 0 aliphatic carbocycles. The predicted molar refractivity (Wildman–Crippen MR) is 69.3 cm³/mol. The first-order chi connectivity index (χ1) is 8.67. The number of hydrogen-bond donors (Lipinski definition) is 1. The first kappa shape index (κ1) is 12.5. The Morgan fingerprint density at radius 3 is 2.83 bits per heavy atom. The van der Waals surface area contributed by atoms with Gasteiger partial charge in [-0.1, -0.05) is 6.92 Å². The zero-order valence-corrected chi connectivity index (χ0v) is 11.0. The lowest BCUT2D eigenvalue weighted by Gasteiger charge is -2.06. The molecule has 2 aromatic rings. The minimum absolute atomic E-state index is 0.767. The smallest absolute Gasteiger partial charge is 0.152 e. The molecule has 2 aromatic heterocycles. The second-order valence-electron chi connectivity index (χ2n) is 4.16. The van der Waals surface area contributed by atoms with Gasteiger partial charge in [0.2, 0.25) is 0 Å². The monoisotopic (exact) mass is 246 g/mol. The van der Waals surface area contributed by atoms with Gasteiger partial charge in [-0.3, -0.25) is 4.68 Å². The highest BCUT2D eigenvalue weighted by Gasteiger charge is 2.02. The van der Waals surface area contributed by atoms with E-state index in [4.69, 9.17) is 0 Å². The van der Waals surface area contributed by atoms with Crippen LogP contribution in [0.4, 0.5) is 5.82 Å². The average Bonchev–Trinajstić information content (AvgIpc) is 2.74. The summed E-state index contributed by atoms with van der Waals surface area (Å²) in [5.74, 6) is 2.51. The first-order valence-electron chi connectivity index (χ1n) is 6.10. The second kappa shape index (κ2) is 5.57. The Morgan fingerprint density at radius 2 is 2.17 bits per heavy atom. The highest BCUT2D eigenvalue weighted by atomic mass is 15.3. The van der Waals surface area contributed by atoms with Gasteiger partial charge in [0, 0.05) is 31.8 Å². The number of hydrogen-bond acceptors (Lipinski definition) is 5. The maximum Gasteiger partial charge on any atom is 0.152 e. The number of nitrogens with one attached hydrogen (secondary N) is 1. The first-order valence-corrected chi connectivity index (χ1v) is 6.10. The van der Waals surface area contributed by atoms with E-state index in [1.165, 1.54) is 0 Å². The van der Waals surface area contributed by atoms with Crippen LogP contribution in [0.15, 0.2) is 12.4 Å². The molecule has 0 aliphatic heterocycles. The van der Waals surface area contributed by atoms with Gasteiger partial charge in [-0.05, 0) is 13.3 Å². The molecule has 0 saturated carbocycles. The van der Waals surface area contributed by atoms with Crippen molar-refractivity contribution in [3.8, 4) is 0 Å². The molecule has 96 valence electrons. The average molecular weight is 246 g/mol. The predicted octanol–water partition coefficient (Wildman–Crippen LogP) is 1.13. The highest BCUT2D eigenvalue weighted by molar-refractivity contribution is 5.36. The normalized spacial score (nSPS) is 10.6. The van der Waals surface area contributed by atoms with Crippen molar-refractivity contribution in [3.63, 3.8) is 0 Å². The lowest BCUT2D eigenvalue weighted by atomic mass is 10.3. The van der Waals surface area contributed by atoms with Gasteiger partial charge in [0.1, 0.15) is 18.0 Å². The topological polar surface area (TPSA) is 68.5 Å². The van der Waals surface area contributed by atoms with Crippen molar-refractivity contribution in [1.82, 2.24) is 24.7 Å². The van der Waals surface area contributed by atoms with Crippen LogP contribution >= 0.6 is 0 Å². The van der Waals surface area contributed by atoms with Crippen molar-refractivity contribution in [3.05, 3.63) is 29.7 Å². The Kier molecular flexibility index (Phi) is 3.86. The summed E-state index contributed by atoms with van der Waals surface area (Å²) in [6.45, 7) is 4.76. The summed E-state index contributed by atoms with van der Waals surface area (Å²) < 4.78 is 1.71. The molecule has 0 fully saturated rings. The maximum absolute atomic E-state index is 4.35. The molecular formula is C12H18N6. The molecule has 0 spiro atoms. The van der Waals surface area contributed by atoms with Gasteiger partial charge in [0.05, 0.1) is 0 Å². The van der Waals surface area contributed by atoms with E-state index < -0.39 is 0 Å². The van der Waals surface area contributed by atoms with Gasteiger partial charge in [0.25, 0.3) is 0 Å². The highest BCUT2D eigenvalue weighted by Crippen LogP contribution is 2.07. The zero-order chi connectivity index (χ0) is 13.0. The summed E-state index contributed by atoms with van der Waals surface area (Å²) in [4.78, 5) is 12.9. The van der Waals surface area contributed by atoms with Crippen LogP contribution < -0.4 is 5.32 Å². The molecule has 0 radical (unpaired) electrons. The molecule has 0 unspecified atom stereocenters. The molecule has 1 N–H and O–H groups in total. The van der Waals surface area contributed by atoms with E-state index >= 15 is 0 Å². The van der Waals surface area contributed by atoms with E-state index in [2.05, 4.69) is 32.3 Å². The van der Waals surface area contributed by atoms with Gasteiger partial charge < -0.3 is 5.32 Å². The fourth-order valence-corrected chi connectivity index (χ4v) is 1.70. The van der Waals surface area contributed by atoms with Crippen molar-refractivity contribution >= 4 is 5.82 Å². The van der Waals surface area contributed by atoms with E-state index in [0.717, 1.165) is 42.5 Å². The molecular weight excluding hydrogens is 228 g/mol. The number of anilines is 1. The molecule has 2 rings (SSSR count). The van der Waals surface area contributed by atoms with Gasteiger partial charge in [0.15, 0.2) is 5.82 Å². The van der Waals surface area contributed by atoms with Crippen molar-refractivity contribution in [1.29, 1.82) is 0 Å². The minimum atomic E-state index is 0.767. The number of rotatable bonds is 5. The molecule has 0 aromatic carbocycles. The van der Waals surface area contributed by atoms with Gasteiger partial charge in [-0.2, -0.15) is 5.10 Å². The Balaban J connectivity index is 1.91. The van der Waals surface area contributed by atoms with E-state index in [1.54, 1.807) is 11.0 Å². The van der Waals surface area contributed by atoms with E-state index in [0.29, 0.717) is 0 Å². The third-order valence-corrected chi connectivity index (χ3v) is 2.55. The third kappa shape index (κ3) is 3.26. The molecule has 18 heavy (non-hydrogen) atoms. The maximum atomic E-state index is 4.35. The number of nitrogens with zero attached hydrogens (tertiary/aromatic N) is 5. The summed E-state index contributed by atoms with van der Waals surface area (Å²) >= 11 is 0. The minimum Gasteiger partial charge on any atom is -0.370 e. The van der Waals surface area contributed by atoms with Gasteiger partial charge in [-0.15, -0.1) is 0 Å². The van der Waals surface area contributed by atoms with Crippen LogP contribution in [-0.4, -0.2) is 31.3 Å². The van der Waals surface area contributed by atoms with Crippen molar-refractivity contribution < 1.29 is 0 Å². The summed E-state index contributed by atoms with van der Waals surface area (Å²) in [6, 6.07) is 1.98. The lowest BCUT2D eigenvalue weighted by molar-refractivity contribution is 0.741. The standard InChI is InChI=1S/C12H18N6/c1-4-10-7-12(16-9(2)15-10)13-6-5-11-14-8-18(3)17-11/h7-8H,4-6H2,1-3H3,(H,13,15,16).